The molecule has 8 heteroatoms. The Kier molecular flexibility index (Phi) is 3.98. The van der Waals surface area contributed by atoms with Crippen LogP contribution in [0.2, 0.25) is 0 Å². The van der Waals surface area contributed by atoms with Crippen molar-refractivity contribution in [3.05, 3.63) is 40.7 Å². The van der Waals surface area contributed by atoms with Crippen LogP contribution in [0.25, 0.3) is 10.9 Å². The van der Waals surface area contributed by atoms with Crippen molar-refractivity contribution in [2.75, 3.05) is 0 Å². The zero-order valence-corrected chi connectivity index (χ0v) is 11.4. The van der Waals surface area contributed by atoms with Gasteiger partial charge in [0.1, 0.15) is 0 Å². The highest BCUT2D eigenvalue weighted by molar-refractivity contribution is 9.08. The molecule has 0 saturated heterocycles. The van der Waals surface area contributed by atoms with E-state index in [9.17, 15) is 13.2 Å². The van der Waals surface area contributed by atoms with Crippen molar-refractivity contribution in [3.63, 3.8) is 0 Å². The molecule has 1 aromatic carbocycles. The number of hydrogen-bond donors (Lipinski definition) is 1. The third-order valence-corrected chi connectivity index (χ3v) is 3.69. The van der Waals surface area contributed by atoms with Crippen LogP contribution in [0, 0.1) is 0 Å². The molecule has 0 unspecified atom stereocenters. The Bertz CT molecular complexity index is 725. The molecule has 0 aliphatic rings. The summed E-state index contributed by atoms with van der Waals surface area (Å²) in [5.41, 5.74) is 0.270. The third kappa shape index (κ3) is 2.68. The average Bonchev–Trinajstić information content (AvgIpc) is 2.22. The van der Waals surface area contributed by atoms with E-state index in [0.717, 1.165) is 0 Å². The maximum Gasteiger partial charge on any atom is 0.294 e. The number of benzene rings is 1. The molecule has 1 aromatic heterocycles. The number of aromatic nitrogens is 1. The summed E-state index contributed by atoms with van der Waals surface area (Å²) in [6, 6.07) is 6.75. The smallest absolute Gasteiger partial charge is 0.282 e. The first-order valence-corrected chi connectivity index (χ1v) is 6.34. The molecule has 0 amide bonds. The van der Waals surface area contributed by atoms with Crippen molar-refractivity contribution in [1.82, 2.24) is 3.59 Å². The van der Waals surface area contributed by atoms with Gasteiger partial charge in [0.2, 0.25) is 0 Å². The normalized spacial score (nSPS) is 11.2. The van der Waals surface area contributed by atoms with Crippen molar-refractivity contribution in [2.24, 2.45) is 0 Å². The molecule has 17 heavy (non-hydrogen) atoms. The van der Waals surface area contributed by atoms with E-state index in [4.69, 9.17) is 4.55 Å². The minimum atomic E-state index is -4.22. The van der Waals surface area contributed by atoms with E-state index >= 15 is 0 Å². The lowest BCUT2D eigenvalue weighted by Crippen LogP contribution is -2.10. The highest BCUT2D eigenvalue weighted by Gasteiger charge is 2.10. The summed E-state index contributed by atoms with van der Waals surface area (Å²) in [6.07, 6.45) is 0. The van der Waals surface area contributed by atoms with E-state index in [1.165, 1.54) is 33.9 Å². The molecule has 2 aromatic rings. The maximum absolute atomic E-state index is 11.3. The molecule has 92 valence electrons. The predicted molar refractivity (Wildman–Crippen MR) is 69.6 cm³/mol. The number of nitrogens with zero attached hydrogens (tertiary/aromatic N) is 1. The van der Waals surface area contributed by atoms with Gasteiger partial charge in [-0.1, -0.05) is 0 Å². The second-order valence-corrected chi connectivity index (χ2v) is 5.28. The summed E-state index contributed by atoms with van der Waals surface area (Å²) in [7, 11) is -4.22. The molecule has 0 radical (unpaired) electrons. The van der Waals surface area contributed by atoms with Crippen LogP contribution in [0.3, 0.4) is 0 Å². The third-order valence-electron chi connectivity index (χ3n) is 2.11. The Labute approximate surface area is 112 Å². The van der Waals surface area contributed by atoms with E-state index in [0.29, 0.717) is 10.9 Å². The van der Waals surface area contributed by atoms with Gasteiger partial charge in [-0.25, -0.2) is 3.59 Å². The highest BCUT2D eigenvalue weighted by Crippen LogP contribution is 2.18. The quantitative estimate of drug-likeness (QED) is 0.804. The maximum atomic E-state index is 11.3. The number of halogens is 2. The lowest BCUT2D eigenvalue weighted by atomic mass is 10.2. The number of hydrogen-bond acceptors (Lipinski definition) is 3. The van der Waals surface area contributed by atoms with Crippen molar-refractivity contribution >= 4 is 49.6 Å². The van der Waals surface area contributed by atoms with E-state index < -0.39 is 10.1 Å². The first kappa shape index (κ1) is 14.2. The first-order chi connectivity index (χ1) is 7.39. The molecule has 0 aliphatic carbocycles. The fourth-order valence-electron chi connectivity index (χ4n) is 1.35. The minimum absolute atomic E-state index is 0. The van der Waals surface area contributed by atoms with Gasteiger partial charge in [-0.2, -0.15) is 8.42 Å². The average molecular weight is 341 g/mol. The topological polar surface area (TPSA) is 76.4 Å². The first-order valence-electron chi connectivity index (χ1n) is 4.19. The summed E-state index contributed by atoms with van der Waals surface area (Å²) in [5, 5.41) is 0.534. The van der Waals surface area contributed by atoms with Crippen LogP contribution >= 0.6 is 28.6 Å². The molecule has 0 aliphatic heterocycles. The van der Waals surface area contributed by atoms with Gasteiger partial charge in [-0.15, -0.1) is 12.4 Å². The minimum Gasteiger partial charge on any atom is -0.282 e. The SMILES string of the molecule is Cl.O=c1ccc2cc(S(=O)(=O)O)ccc2n1Br. The predicted octanol–water partition coefficient (Wildman–Crippen LogP) is 1.83. The Balaban J connectivity index is 0.00000144. The van der Waals surface area contributed by atoms with Crippen LogP contribution in [0.1, 0.15) is 0 Å². The molecular formula is C9H7BrClNO4S. The fourth-order valence-corrected chi connectivity index (χ4v) is 2.31. The molecule has 1 N–H and O–H groups in total. The molecule has 2 rings (SSSR count). The van der Waals surface area contributed by atoms with Crippen LogP contribution < -0.4 is 5.56 Å². The van der Waals surface area contributed by atoms with Crippen LogP contribution in [0.4, 0.5) is 0 Å². The summed E-state index contributed by atoms with van der Waals surface area (Å²) < 4.78 is 31.9. The lowest BCUT2D eigenvalue weighted by molar-refractivity contribution is 0.483. The van der Waals surface area contributed by atoms with Crippen molar-refractivity contribution in [2.45, 2.75) is 4.90 Å². The van der Waals surface area contributed by atoms with Crippen molar-refractivity contribution < 1.29 is 13.0 Å². The molecule has 1 heterocycles. The van der Waals surface area contributed by atoms with Crippen molar-refractivity contribution in [3.8, 4) is 0 Å². The Morgan fingerprint density at radius 2 is 1.82 bits per heavy atom. The van der Waals surface area contributed by atoms with Gasteiger partial charge in [0.15, 0.2) is 0 Å². The second kappa shape index (κ2) is 4.77. The monoisotopic (exact) mass is 339 g/mol. The molecule has 0 fully saturated rings. The van der Waals surface area contributed by atoms with Gasteiger partial charge in [-0.05, 0) is 24.3 Å². The van der Waals surface area contributed by atoms with Gasteiger partial charge >= 0.3 is 0 Å². The number of fused-ring (bicyclic) bond motifs is 1. The largest absolute Gasteiger partial charge is 0.294 e. The van der Waals surface area contributed by atoms with Crippen LogP contribution in [-0.2, 0) is 10.1 Å². The van der Waals surface area contributed by atoms with E-state index in [1.54, 1.807) is 0 Å². The Morgan fingerprint density at radius 3 is 2.41 bits per heavy atom. The van der Waals surface area contributed by atoms with Gasteiger partial charge in [-0.3, -0.25) is 9.35 Å². The van der Waals surface area contributed by atoms with Gasteiger partial charge in [0.05, 0.1) is 26.6 Å². The van der Waals surface area contributed by atoms with Gasteiger partial charge < -0.3 is 0 Å². The van der Waals surface area contributed by atoms with Gasteiger partial charge in [0, 0.05) is 11.5 Å². The van der Waals surface area contributed by atoms with E-state index in [2.05, 4.69) is 16.1 Å². The molecule has 5 nitrogen and oxygen atoms in total. The molecule has 0 bridgehead atoms. The fraction of sp³-hybridized carbons (Fsp3) is 0. The van der Waals surface area contributed by atoms with Crippen LogP contribution in [-0.4, -0.2) is 16.6 Å². The van der Waals surface area contributed by atoms with Crippen molar-refractivity contribution in [1.29, 1.82) is 0 Å². The summed E-state index contributed by atoms with van der Waals surface area (Å²) in [4.78, 5) is 11.1. The molecule has 0 saturated carbocycles. The van der Waals surface area contributed by atoms with Crippen LogP contribution in [0.5, 0.6) is 0 Å². The van der Waals surface area contributed by atoms with Crippen LogP contribution in [0.15, 0.2) is 40.0 Å². The summed E-state index contributed by atoms with van der Waals surface area (Å²) >= 11 is 3.05. The molecular weight excluding hydrogens is 334 g/mol. The van der Waals surface area contributed by atoms with E-state index in [-0.39, 0.29) is 22.9 Å². The van der Waals surface area contributed by atoms with Gasteiger partial charge in [0.25, 0.3) is 15.7 Å². The summed E-state index contributed by atoms with van der Waals surface area (Å²) in [6.45, 7) is 0. The molecule has 0 spiro atoms. The zero-order valence-electron chi connectivity index (χ0n) is 8.20. The zero-order chi connectivity index (χ0) is 11.9. The Hall–Kier alpha value is -0.890. The number of pyridine rings is 1. The highest BCUT2D eigenvalue weighted by atomic mass is 79.9. The second-order valence-electron chi connectivity index (χ2n) is 3.15. The standard InChI is InChI=1S/C9H6BrNO4S.ClH/c10-11-8-3-2-7(16(13,14)15)5-6(8)1-4-9(11)12;/h1-5H,(H,13,14,15);1H. The summed E-state index contributed by atoms with van der Waals surface area (Å²) in [5.74, 6) is 0. The molecule has 0 atom stereocenters. The lowest BCUT2D eigenvalue weighted by Gasteiger charge is -2.03. The number of rotatable bonds is 1. The Morgan fingerprint density at radius 1 is 1.18 bits per heavy atom. The van der Waals surface area contributed by atoms with E-state index in [1.807, 2.05) is 0 Å².